The van der Waals surface area contributed by atoms with Crippen LogP contribution < -0.4 is 10.1 Å². The maximum atomic E-state index is 12.4. The fourth-order valence-electron chi connectivity index (χ4n) is 2.55. The average Bonchev–Trinajstić information content (AvgIpc) is 2.82. The second-order valence-electron chi connectivity index (χ2n) is 5.27. The van der Waals surface area contributed by atoms with E-state index in [2.05, 4.69) is 5.32 Å². The van der Waals surface area contributed by atoms with Crippen molar-refractivity contribution in [2.24, 2.45) is 5.41 Å². The van der Waals surface area contributed by atoms with E-state index in [0.29, 0.717) is 23.1 Å². The van der Waals surface area contributed by atoms with Gasteiger partial charge in [0, 0.05) is 5.41 Å². The molecule has 0 atom stereocenters. The zero-order chi connectivity index (χ0) is 13.9. The summed E-state index contributed by atoms with van der Waals surface area (Å²) in [6.45, 7) is 4.44. The molecule has 0 unspecified atom stereocenters. The van der Waals surface area contributed by atoms with E-state index < -0.39 is 0 Å². The minimum atomic E-state index is -0.258. The van der Waals surface area contributed by atoms with Crippen molar-refractivity contribution in [3.05, 3.63) is 23.2 Å². The van der Waals surface area contributed by atoms with Gasteiger partial charge in [0.2, 0.25) is 5.91 Å². The SMILES string of the molecule is CCOc1c(Cl)cccc1NC(=O)C1(C)CCCC1. The molecule has 1 aromatic carbocycles. The number of amides is 1. The van der Waals surface area contributed by atoms with Crippen LogP contribution in [0.25, 0.3) is 0 Å². The maximum absolute atomic E-state index is 12.4. The van der Waals surface area contributed by atoms with Crippen molar-refractivity contribution in [1.82, 2.24) is 0 Å². The summed E-state index contributed by atoms with van der Waals surface area (Å²) >= 11 is 6.11. The zero-order valence-corrected chi connectivity index (χ0v) is 12.2. The van der Waals surface area contributed by atoms with Crippen LogP contribution in [-0.4, -0.2) is 12.5 Å². The van der Waals surface area contributed by atoms with Crippen molar-refractivity contribution in [3.8, 4) is 5.75 Å². The molecule has 1 amide bonds. The molecule has 104 valence electrons. The molecule has 0 bridgehead atoms. The summed E-state index contributed by atoms with van der Waals surface area (Å²) < 4.78 is 5.52. The Morgan fingerprint density at radius 3 is 2.74 bits per heavy atom. The third-order valence-corrected chi connectivity index (χ3v) is 4.06. The molecule has 0 radical (unpaired) electrons. The first-order chi connectivity index (χ1) is 9.07. The highest BCUT2D eigenvalue weighted by molar-refractivity contribution is 6.32. The lowest BCUT2D eigenvalue weighted by Crippen LogP contribution is -2.31. The Labute approximate surface area is 119 Å². The van der Waals surface area contributed by atoms with Gasteiger partial charge < -0.3 is 10.1 Å². The predicted molar refractivity (Wildman–Crippen MR) is 77.8 cm³/mol. The lowest BCUT2D eigenvalue weighted by Gasteiger charge is -2.23. The van der Waals surface area contributed by atoms with Crippen molar-refractivity contribution in [2.45, 2.75) is 39.5 Å². The minimum absolute atomic E-state index is 0.0632. The number of halogens is 1. The summed E-state index contributed by atoms with van der Waals surface area (Å²) in [5.74, 6) is 0.620. The molecule has 1 fully saturated rings. The van der Waals surface area contributed by atoms with Crippen LogP contribution in [0.4, 0.5) is 5.69 Å². The van der Waals surface area contributed by atoms with Crippen LogP contribution in [0.2, 0.25) is 5.02 Å². The molecule has 4 heteroatoms. The zero-order valence-electron chi connectivity index (χ0n) is 11.5. The average molecular weight is 282 g/mol. The van der Waals surface area contributed by atoms with Crippen LogP contribution in [0.5, 0.6) is 5.75 Å². The van der Waals surface area contributed by atoms with Gasteiger partial charge in [-0.05, 0) is 31.9 Å². The molecule has 0 aliphatic heterocycles. The van der Waals surface area contributed by atoms with Crippen LogP contribution >= 0.6 is 11.6 Å². The standard InChI is InChI=1S/C15H20ClNO2/c1-3-19-13-11(16)7-6-8-12(13)17-14(18)15(2)9-4-5-10-15/h6-8H,3-5,9-10H2,1-2H3,(H,17,18). The molecule has 0 spiro atoms. The summed E-state index contributed by atoms with van der Waals surface area (Å²) in [5, 5.41) is 3.49. The summed E-state index contributed by atoms with van der Waals surface area (Å²) in [4.78, 5) is 12.4. The topological polar surface area (TPSA) is 38.3 Å². The number of ether oxygens (including phenoxy) is 1. The van der Waals surface area contributed by atoms with E-state index >= 15 is 0 Å². The van der Waals surface area contributed by atoms with E-state index in [1.165, 1.54) is 0 Å². The molecule has 1 aliphatic carbocycles. The Morgan fingerprint density at radius 1 is 1.42 bits per heavy atom. The highest BCUT2D eigenvalue weighted by Gasteiger charge is 2.36. The third kappa shape index (κ3) is 3.03. The molecular weight excluding hydrogens is 262 g/mol. The number of carbonyl (C=O) groups excluding carboxylic acids is 1. The molecule has 1 aromatic rings. The molecule has 0 saturated heterocycles. The van der Waals surface area contributed by atoms with Gasteiger partial charge in [0.05, 0.1) is 17.3 Å². The molecule has 1 aliphatic rings. The number of anilines is 1. The Balaban J connectivity index is 2.19. The minimum Gasteiger partial charge on any atom is -0.490 e. The van der Waals surface area contributed by atoms with Crippen LogP contribution in [0.15, 0.2) is 18.2 Å². The third-order valence-electron chi connectivity index (χ3n) is 3.76. The van der Waals surface area contributed by atoms with Gasteiger partial charge in [-0.15, -0.1) is 0 Å². The van der Waals surface area contributed by atoms with Gasteiger partial charge in [-0.3, -0.25) is 4.79 Å². The summed E-state index contributed by atoms with van der Waals surface area (Å²) in [6.07, 6.45) is 4.14. The van der Waals surface area contributed by atoms with E-state index in [1.807, 2.05) is 26.0 Å². The number of rotatable bonds is 4. The van der Waals surface area contributed by atoms with Gasteiger partial charge >= 0.3 is 0 Å². The first kappa shape index (κ1) is 14.2. The number of hydrogen-bond donors (Lipinski definition) is 1. The molecular formula is C15H20ClNO2. The Bertz CT molecular complexity index is 467. The predicted octanol–water partition coefficient (Wildman–Crippen LogP) is 4.26. The fraction of sp³-hybridized carbons (Fsp3) is 0.533. The maximum Gasteiger partial charge on any atom is 0.230 e. The van der Waals surface area contributed by atoms with Crippen LogP contribution in [0.1, 0.15) is 39.5 Å². The number of hydrogen-bond acceptors (Lipinski definition) is 2. The summed E-state index contributed by atoms with van der Waals surface area (Å²) in [6, 6.07) is 5.41. The number of para-hydroxylation sites is 1. The first-order valence-electron chi connectivity index (χ1n) is 6.79. The highest BCUT2D eigenvalue weighted by Crippen LogP contribution is 2.40. The van der Waals surface area contributed by atoms with Crippen LogP contribution in [0.3, 0.4) is 0 Å². The number of benzene rings is 1. The Hall–Kier alpha value is -1.22. The van der Waals surface area contributed by atoms with Gasteiger partial charge in [-0.2, -0.15) is 0 Å². The van der Waals surface area contributed by atoms with Gasteiger partial charge in [0.1, 0.15) is 0 Å². The largest absolute Gasteiger partial charge is 0.490 e. The monoisotopic (exact) mass is 281 g/mol. The van der Waals surface area contributed by atoms with Crippen molar-refractivity contribution in [2.75, 3.05) is 11.9 Å². The van der Waals surface area contributed by atoms with Crippen molar-refractivity contribution in [1.29, 1.82) is 0 Å². The van der Waals surface area contributed by atoms with Gasteiger partial charge in [0.25, 0.3) is 0 Å². The lowest BCUT2D eigenvalue weighted by molar-refractivity contribution is -0.124. The summed E-state index contributed by atoms with van der Waals surface area (Å²) in [7, 11) is 0. The van der Waals surface area contributed by atoms with E-state index in [4.69, 9.17) is 16.3 Å². The van der Waals surface area contributed by atoms with Crippen LogP contribution in [-0.2, 0) is 4.79 Å². The van der Waals surface area contributed by atoms with E-state index in [-0.39, 0.29) is 11.3 Å². The normalized spacial score (nSPS) is 17.2. The van der Waals surface area contributed by atoms with Gasteiger partial charge in [-0.25, -0.2) is 0 Å². The van der Waals surface area contributed by atoms with Gasteiger partial charge in [0.15, 0.2) is 5.75 Å². The van der Waals surface area contributed by atoms with Crippen LogP contribution in [0, 0.1) is 5.41 Å². The van der Waals surface area contributed by atoms with E-state index in [9.17, 15) is 4.79 Å². The molecule has 1 N–H and O–H groups in total. The quantitative estimate of drug-likeness (QED) is 0.895. The fourth-order valence-corrected chi connectivity index (χ4v) is 2.78. The number of nitrogens with one attached hydrogen (secondary N) is 1. The van der Waals surface area contributed by atoms with E-state index in [0.717, 1.165) is 25.7 Å². The van der Waals surface area contributed by atoms with Crippen molar-refractivity contribution >= 4 is 23.2 Å². The molecule has 1 saturated carbocycles. The number of carbonyl (C=O) groups is 1. The Morgan fingerprint density at radius 2 is 2.11 bits per heavy atom. The van der Waals surface area contributed by atoms with Crippen molar-refractivity contribution in [3.63, 3.8) is 0 Å². The molecule has 19 heavy (non-hydrogen) atoms. The lowest BCUT2D eigenvalue weighted by atomic mass is 9.88. The second kappa shape index (κ2) is 5.83. The molecule has 0 heterocycles. The van der Waals surface area contributed by atoms with Gasteiger partial charge in [-0.1, -0.05) is 37.4 Å². The van der Waals surface area contributed by atoms with E-state index in [1.54, 1.807) is 6.07 Å². The van der Waals surface area contributed by atoms with Crippen molar-refractivity contribution < 1.29 is 9.53 Å². The molecule has 3 nitrogen and oxygen atoms in total. The first-order valence-corrected chi connectivity index (χ1v) is 7.17. The molecule has 2 rings (SSSR count). The highest BCUT2D eigenvalue weighted by atomic mass is 35.5. The smallest absolute Gasteiger partial charge is 0.230 e. The Kier molecular flexibility index (Phi) is 4.35. The summed E-state index contributed by atoms with van der Waals surface area (Å²) in [5.41, 5.74) is 0.402. The molecule has 0 aromatic heterocycles. The second-order valence-corrected chi connectivity index (χ2v) is 5.68.